The van der Waals surface area contributed by atoms with Crippen molar-refractivity contribution in [1.82, 2.24) is 4.57 Å². The third-order valence-electron chi connectivity index (χ3n) is 2.96. The molecule has 0 atom stereocenters. The molecule has 0 radical (unpaired) electrons. The number of aryl methyl sites for hydroxylation is 1. The molecule has 3 N–H and O–H groups in total. The van der Waals surface area contributed by atoms with E-state index in [0.717, 1.165) is 5.56 Å². The first-order valence-electron chi connectivity index (χ1n) is 6.43. The van der Waals surface area contributed by atoms with Gasteiger partial charge in [0.2, 0.25) is 5.91 Å². The van der Waals surface area contributed by atoms with E-state index in [1.165, 1.54) is 10.6 Å². The lowest BCUT2D eigenvalue weighted by Gasteiger charge is -2.11. The molecule has 6 nitrogen and oxygen atoms in total. The van der Waals surface area contributed by atoms with Crippen molar-refractivity contribution >= 4 is 33.4 Å². The van der Waals surface area contributed by atoms with Gasteiger partial charge in [-0.3, -0.25) is 14.4 Å². The van der Waals surface area contributed by atoms with E-state index in [-0.39, 0.29) is 17.7 Å². The van der Waals surface area contributed by atoms with Crippen molar-refractivity contribution in [2.45, 2.75) is 13.5 Å². The molecule has 2 amide bonds. The lowest BCUT2D eigenvalue weighted by molar-refractivity contribution is -0.116. The summed E-state index contributed by atoms with van der Waals surface area (Å²) in [5, 5.41) is 2.59. The van der Waals surface area contributed by atoms with Crippen LogP contribution in [0.3, 0.4) is 0 Å². The monoisotopic (exact) mass is 363 g/mol. The van der Waals surface area contributed by atoms with Crippen LogP contribution in [0.4, 0.5) is 5.69 Å². The van der Waals surface area contributed by atoms with E-state index >= 15 is 0 Å². The fourth-order valence-electron chi connectivity index (χ4n) is 2.01. The number of halogens is 1. The molecule has 0 unspecified atom stereocenters. The van der Waals surface area contributed by atoms with Crippen LogP contribution >= 0.6 is 15.9 Å². The molecule has 0 spiro atoms. The fraction of sp³-hybridized carbons (Fsp3) is 0.133. The number of carbonyl (C=O) groups is 2. The van der Waals surface area contributed by atoms with Crippen LogP contribution in [0.1, 0.15) is 15.9 Å². The minimum absolute atomic E-state index is 0.161. The second-order valence-corrected chi connectivity index (χ2v) is 5.61. The number of nitrogens with two attached hydrogens (primary N) is 1. The molecule has 0 aliphatic carbocycles. The van der Waals surface area contributed by atoms with Crippen LogP contribution in [0.15, 0.2) is 45.8 Å². The Labute approximate surface area is 135 Å². The maximum atomic E-state index is 12.1. The molecule has 22 heavy (non-hydrogen) atoms. The Hall–Kier alpha value is -2.41. The maximum Gasteiger partial charge on any atom is 0.265 e. The predicted octanol–water partition coefficient (Wildman–Crippen LogP) is 1.66. The van der Waals surface area contributed by atoms with Crippen LogP contribution in [-0.2, 0) is 11.3 Å². The van der Waals surface area contributed by atoms with E-state index in [1.807, 2.05) is 6.92 Å². The number of nitrogens with zero attached hydrogens (tertiary/aromatic N) is 1. The van der Waals surface area contributed by atoms with Gasteiger partial charge in [0.1, 0.15) is 6.54 Å². The number of carbonyl (C=O) groups excluding carboxylic acids is 2. The summed E-state index contributed by atoms with van der Waals surface area (Å²) in [5.41, 5.74) is 6.33. The summed E-state index contributed by atoms with van der Waals surface area (Å²) in [6.07, 6.45) is 1.59. The van der Waals surface area contributed by atoms with E-state index in [1.54, 1.807) is 30.5 Å². The topological polar surface area (TPSA) is 94.2 Å². The Morgan fingerprint density at radius 2 is 2.00 bits per heavy atom. The zero-order valence-electron chi connectivity index (χ0n) is 11.8. The van der Waals surface area contributed by atoms with Crippen molar-refractivity contribution in [3.8, 4) is 0 Å². The number of amides is 2. The molecule has 0 saturated carbocycles. The van der Waals surface area contributed by atoms with E-state index in [9.17, 15) is 14.4 Å². The van der Waals surface area contributed by atoms with Crippen LogP contribution in [0.2, 0.25) is 0 Å². The highest BCUT2D eigenvalue weighted by Gasteiger charge is 2.12. The smallest absolute Gasteiger partial charge is 0.265 e. The van der Waals surface area contributed by atoms with Crippen molar-refractivity contribution < 1.29 is 9.59 Å². The van der Waals surface area contributed by atoms with Crippen molar-refractivity contribution in [2.75, 3.05) is 5.32 Å². The predicted molar refractivity (Wildman–Crippen MR) is 86.7 cm³/mol. The first kappa shape index (κ1) is 16.0. The second-order valence-electron chi connectivity index (χ2n) is 4.76. The van der Waals surface area contributed by atoms with Gasteiger partial charge in [-0.2, -0.15) is 0 Å². The molecule has 0 bridgehead atoms. The Kier molecular flexibility index (Phi) is 4.77. The van der Waals surface area contributed by atoms with Gasteiger partial charge >= 0.3 is 0 Å². The van der Waals surface area contributed by atoms with Gasteiger partial charge in [-0.25, -0.2) is 0 Å². The highest BCUT2D eigenvalue weighted by molar-refractivity contribution is 9.10. The Bertz CT molecular complexity index is 799. The molecule has 114 valence electrons. The molecule has 7 heteroatoms. The molecular weight excluding hydrogens is 350 g/mol. The van der Waals surface area contributed by atoms with Crippen LogP contribution in [-0.4, -0.2) is 16.4 Å². The quantitative estimate of drug-likeness (QED) is 0.864. The van der Waals surface area contributed by atoms with Crippen LogP contribution in [0, 0.1) is 6.92 Å². The fourth-order valence-corrected chi connectivity index (χ4v) is 2.60. The van der Waals surface area contributed by atoms with Gasteiger partial charge in [0.15, 0.2) is 0 Å². The lowest BCUT2D eigenvalue weighted by Crippen LogP contribution is -2.28. The first-order valence-corrected chi connectivity index (χ1v) is 7.23. The molecule has 2 rings (SSSR count). The largest absolute Gasteiger partial charge is 0.366 e. The van der Waals surface area contributed by atoms with E-state index < -0.39 is 11.8 Å². The molecule has 0 aliphatic heterocycles. The molecule has 0 saturated heterocycles. The zero-order chi connectivity index (χ0) is 16.3. The van der Waals surface area contributed by atoms with Gasteiger partial charge in [-0.15, -0.1) is 0 Å². The average molecular weight is 364 g/mol. The van der Waals surface area contributed by atoms with Gasteiger partial charge in [0.25, 0.3) is 11.5 Å². The van der Waals surface area contributed by atoms with Crippen molar-refractivity contribution in [3.05, 3.63) is 62.5 Å². The van der Waals surface area contributed by atoms with Crippen LogP contribution in [0.25, 0.3) is 0 Å². The number of pyridine rings is 1. The number of hydrogen-bond acceptors (Lipinski definition) is 3. The maximum absolute atomic E-state index is 12.1. The summed E-state index contributed by atoms with van der Waals surface area (Å²) in [4.78, 5) is 35.4. The number of para-hydroxylation sites is 1. The molecule has 1 aromatic carbocycles. The molecular formula is C15H14BrN3O3. The third kappa shape index (κ3) is 3.62. The molecule has 1 aromatic heterocycles. The summed E-state index contributed by atoms with van der Waals surface area (Å²) < 4.78 is 1.68. The summed E-state index contributed by atoms with van der Waals surface area (Å²) >= 11 is 3.16. The van der Waals surface area contributed by atoms with Crippen molar-refractivity contribution in [1.29, 1.82) is 0 Å². The van der Waals surface area contributed by atoms with E-state index in [4.69, 9.17) is 5.73 Å². The Morgan fingerprint density at radius 3 is 2.68 bits per heavy atom. The summed E-state index contributed by atoms with van der Waals surface area (Å²) in [6.45, 7) is 1.66. The first-order chi connectivity index (χ1) is 10.4. The number of aromatic nitrogens is 1. The normalized spacial score (nSPS) is 10.3. The third-order valence-corrected chi connectivity index (χ3v) is 3.53. The van der Waals surface area contributed by atoms with E-state index in [2.05, 4.69) is 21.2 Å². The number of anilines is 1. The van der Waals surface area contributed by atoms with Crippen molar-refractivity contribution in [3.63, 3.8) is 0 Å². The van der Waals surface area contributed by atoms with Gasteiger partial charge in [0.05, 0.1) is 15.7 Å². The van der Waals surface area contributed by atoms with Gasteiger partial charge in [0, 0.05) is 6.20 Å². The van der Waals surface area contributed by atoms with Gasteiger partial charge in [-0.05, 0) is 46.6 Å². The lowest BCUT2D eigenvalue weighted by atomic mass is 10.1. The molecule has 1 heterocycles. The Balaban J connectivity index is 2.22. The standard InChI is InChI=1S/C15H14BrN3O3/c1-9-6-11(16)15(22)19(7-9)8-13(20)18-12-5-3-2-4-10(12)14(17)21/h2-7H,8H2,1H3,(H2,17,21)(H,18,20). The minimum Gasteiger partial charge on any atom is -0.366 e. The highest BCUT2D eigenvalue weighted by atomic mass is 79.9. The van der Waals surface area contributed by atoms with E-state index in [0.29, 0.717) is 10.2 Å². The number of benzene rings is 1. The van der Waals surface area contributed by atoms with Crippen LogP contribution in [0.5, 0.6) is 0 Å². The minimum atomic E-state index is -0.633. The number of hydrogen-bond donors (Lipinski definition) is 2. The SMILES string of the molecule is Cc1cc(Br)c(=O)n(CC(=O)Nc2ccccc2C(N)=O)c1. The summed E-state index contributed by atoms with van der Waals surface area (Å²) in [7, 11) is 0. The number of primary amides is 1. The second kappa shape index (κ2) is 6.57. The summed E-state index contributed by atoms with van der Waals surface area (Å²) in [5.74, 6) is -1.06. The average Bonchev–Trinajstić information content (AvgIpc) is 2.44. The van der Waals surface area contributed by atoms with Gasteiger partial charge in [-0.1, -0.05) is 12.1 Å². The van der Waals surface area contributed by atoms with Gasteiger partial charge < -0.3 is 15.6 Å². The summed E-state index contributed by atoms with van der Waals surface area (Å²) in [6, 6.07) is 8.11. The van der Waals surface area contributed by atoms with Crippen LogP contribution < -0.4 is 16.6 Å². The molecule has 0 aliphatic rings. The van der Waals surface area contributed by atoms with Crippen molar-refractivity contribution in [2.24, 2.45) is 5.73 Å². The molecule has 0 fully saturated rings. The number of rotatable bonds is 4. The molecule has 2 aromatic rings. The number of nitrogens with one attached hydrogen (secondary N) is 1. The highest BCUT2D eigenvalue weighted by Crippen LogP contribution is 2.14. The zero-order valence-corrected chi connectivity index (χ0v) is 13.4. The Morgan fingerprint density at radius 1 is 1.32 bits per heavy atom.